The number of aromatic nitrogens is 1. The van der Waals surface area contributed by atoms with Gasteiger partial charge in [0.05, 0.1) is 11.1 Å². The van der Waals surface area contributed by atoms with E-state index in [0.717, 1.165) is 12.3 Å². The summed E-state index contributed by atoms with van der Waals surface area (Å²) in [6.45, 7) is 0. The predicted octanol–water partition coefficient (Wildman–Crippen LogP) is 3.10. The van der Waals surface area contributed by atoms with Gasteiger partial charge in [-0.1, -0.05) is 0 Å². The Morgan fingerprint density at radius 3 is 2.33 bits per heavy atom. The molecule has 0 spiro atoms. The molecule has 0 unspecified atom stereocenters. The lowest BCUT2D eigenvalue weighted by Gasteiger charge is -2.08. The molecule has 2 aromatic rings. The summed E-state index contributed by atoms with van der Waals surface area (Å²) in [6, 6.07) is 2.38. The molecule has 8 heteroatoms. The lowest BCUT2D eigenvalue weighted by molar-refractivity contribution is -0.137. The number of hydrogen-bond donors (Lipinski definition) is 2. The van der Waals surface area contributed by atoms with Gasteiger partial charge in [-0.3, -0.25) is 4.79 Å². The van der Waals surface area contributed by atoms with Crippen LogP contribution < -0.4 is 0 Å². The number of rotatable bonds is 3. The summed E-state index contributed by atoms with van der Waals surface area (Å²) in [5.74, 6) is -3.51. The summed E-state index contributed by atoms with van der Waals surface area (Å²) in [5.41, 5.74) is -2.52. The van der Waals surface area contributed by atoms with Crippen LogP contribution in [0.2, 0.25) is 0 Å². The van der Waals surface area contributed by atoms with Crippen molar-refractivity contribution in [3.05, 3.63) is 58.7 Å². The fourth-order valence-corrected chi connectivity index (χ4v) is 1.68. The highest BCUT2D eigenvalue weighted by Gasteiger charge is 2.32. The maximum Gasteiger partial charge on any atom is 0.416 e. The van der Waals surface area contributed by atoms with Gasteiger partial charge in [0, 0.05) is 11.8 Å². The van der Waals surface area contributed by atoms with Crippen molar-refractivity contribution in [2.45, 2.75) is 6.18 Å². The Bertz CT molecular complexity index is 718. The Kier molecular flexibility index (Phi) is 3.54. The Morgan fingerprint density at radius 2 is 1.81 bits per heavy atom. The van der Waals surface area contributed by atoms with Gasteiger partial charge < -0.3 is 10.1 Å². The smallest absolute Gasteiger partial charge is 0.416 e. The second-order valence-electron chi connectivity index (χ2n) is 4.13. The first-order chi connectivity index (χ1) is 9.70. The van der Waals surface area contributed by atoms with E-state index in [1.54, 1.807) is 0 Å². The van der Waals surface area contributed by atoms with E-state index in [0.29, 0.717) is 18.2 Å². The van der Waals surface area contributed by atoms with Crippen molar-refractivity contribution in [1.29, 1.82) is 0 Å². The number of nitrogens with one attached hydrogen (secondary N) is 1. The second-order valence-corrected chi connectivity index (χ2v) is 4.13. The lowest BCUT2D eigenvalue weighted by atomic mass is 10.0. The zero-order valence-corrected chi connectivity index (χ0v) is 10.2. The van der Waals surface area contributed by atoms with Crippen LogP contribution in [0.3, 0.4) is 0 Å². The number of aromatic amines is 1. The molecule has 0 radical (unpaired) electrons. The van der Waals surface area contributed by atoms with Crippen LogP contribution >= 0.6 is 0 Å². The normalized spacial score (nSPS) is 11.4. The molecule has 110 valence electrons. The van der Waals surface area contributed by atoms with Gasteiger partial charge in [-0.15, -0.1) is 0 Å². The van der Waals surface area contributed by atoms with Gasteiger partial charge in [0.15, 0.2) is 5.78 Å². The quantitative estimate of drug-likeness (QED) is 0.676. The molecule has 0 saturated heterocycles. The standard InChI is InChI=1S/C13H7F4NO3/c14-9-2-1-7(13(15,16)17)4-8(9)11(19)6-3-10(12(20)21)18-5-6/h1-5,18H,(H,20,21). The zero-order chi connectivity index (χ0) is 15.8. The minimum atomic E-state index is -4.72. The summed E-state index contributed by atoms with van der Waals surface area (Å²) in [5, 5.41) is 8.69. The van der Waals surface area contributed by atoms with E-state index >= 15 is 0 Å². The molecule has 1 heterocycles. The molecule has 0 aliphatic rings. The maximum absolute atomic E-state index is 13.5. The van der Waals surface area contributed by atoms with Crippen LogP contribution in [0.1, 0.15) is 32.0 Å². The Labute approximate surface area is 115 Å². The molecular formula is C13H7F4NO3. The number of carboxylic acid groups (broad SMARTS) is 1. The molecule has 0 amide bonds. The van der Waals surface area contributed by atoms with Crippen LogP contribution in [-0.2, 0) is 6.18 Å². The average molecular weight is 301 g/mol. The van der Waals surface area contributed by atoms with Crippen LogP contribution in [0.5, 0.6) is 0 Å². The third-order valence-electron chi connectivity index (χ3n) is 2.71. The topological polar surface area (TPSA) is 70.2 Å². The van der Waals surface area contributed by atoms with Gasteiger partial charge in [-0.2, -0.15) is 13.2 Å². The van der Waals surface area contributed by atoms with Gasteiger partial charge in [0.1, 0.15) is 11.5 Å². The number of alkyl halides is 3. The summed E-state index contributed by atoms with van der Waals surface area (Å²) in [6.07, 6.45) is -3.72. The molecule has 0 aliphatic carbocycles. The molecule has 21 heavy (non-hydrogen) atoms. The number of carboxylic acids is 1. The van der Waals surface area contributed by atoms with E-state index in [4.69, 9.17) is 5.11 Å². The third kappa shape index (κ3) is 2.93. The maximum atomic E-state index is 13.5. The van der Waals surface area contributed by atoms with Crippen LogP contribution in [0.15, 0.2) is 30.5 Å². The van der Waals surface area contributed by atoms with Crippen molar-refractivity contribution >= 4 is 11.8 Å². The fourth-order valence-electron chi connectivity index (χ4n) is 1.68. The van der Waals surface area contributed by atoms with Crippen LogP contribution in [0.25, 0.3) is 0 Å². The Balaban J connectivity index is 2.44. The predicted molar refractivity (Wildman–Crippen MR) is 62.6 cm³/mol. The summed E-state index contributed by atoms with van der Waals surface area (Å²) >= 11 is 0. The van der Waals surface area contributed by atoms with Gasteiger partial charge in [0.25, 0.3) is 0 Å². The first-order valence-electron chi connectivity index (χ1n) is 5.53. The van der Waals surface area contributed by atoms with Crippen LogP contribution in [-0.4, -0.2) is 21.8 Å². The molecule has 0 saturated carbocycles. The number of H-pyrrole nitrogens is 1. The average Bonchev–Trinajstić information content (AvgIpc) is 2.86. The highest BCUT2D eigenvalue weighted by molar-refractivity contribution is 6.10. The van der Waals surface area contributed by atoms with E-state index < -0.39 is 34.9 Å². The van der Waals surface area contributed by atoms with E-state index in [-0.39, 0.29) is 11.3 Å². The van der Waals surface area contributed by atoms with Crippen molar-refractivity contribution in [3.63, 3.8) is 0 Å². The highest BCUT2D eigenvalue weighted by atomic mass is 19.4. The van der Waals surface area contributed by atoms with E-state index in [1.807, 2.05) is 0 Å². The molecule has 0 atom stereocenters. The molecule has 0 fully saturated rings. The summed E-state index contributed by atoms with van der Waals surface area (Å²) in [4.78, 5) is 24.9. The summed E-state index contributed by atoms with van der Waals surface area (Å²) < 4.78 is 51.2. The van der Waals surface area contributed by atoms with Crippen molar-refractivity contribution in [3.8, 4) is 0 Å². The number of ketones is 1. The molecule has 0 aliphatic heterocycles. The molecule has 0 bridgehead atoms. The number of benzene rings is 1. The van der Waals surface area contributed by atoms with Crippen molar-refractivity contribution in [1.82, 2.24) is 4.98 Å². The molecular weight excluding hydrogens is 294 g/mol. The van der Waals surface area contributed by atoms with Crippen LogP contribution in [0, 0.1) is 5.82 Å². The number of halogens is 4. The first kappa shape index (κ1) is 14.8. The monoisotopic (exact) mass is 301 g/mol. The van der Waals surface area contributed by atoms with Crippen molar-refractivity contribution in [2.24, 2.45) is 0 Å². The van der Waals surface area contributed by atoms with E-state index in [1.165, 1.54) is 0 Å². The largest absolute Gasteiger partial charge is 0.477 e. The van der Waals surface area contributed by atoms with Crippen molar-refractivity contribution < 1.29 is 32.3 Å². The Morgan fingerprint density at radius 1 is 1.14 bits per heavy atom. The molecule has 2 rings (SSSR count). The van der Waals surface area contributed by atoms with Gasteiger partial charge in [0.2, 0.25) is 0 Å². The first-order valence-corrected chi connectivity index (χ1v) is 5.53. The second kappa shape index (κ2) is 5.04. The van der Waals surface area contributed by atoms with Gasteiger partial charge >= 0.3 is 12.1 Å². The van der Waals surface area contributed by atoms with Gasteiger partial charge in [-0.25, -0.2) is 9.18 Å². The lowest BCUT2D eigenvalue weighted by Crippen LogP contribution is -2.10. The van der Waals surface area contributed by atoms with Crippen molar-refractivity contribution in [2.75, 3.05) is 0 Å². The number of aromatic carboxylic acids is 1. The minimum absolute atomic E-state index is 0.245. The molecule has 1 aromatic heterocycles. The number of carbonyl (C=O) groups is 2. The SMILES string of the molecule is O=C(O)c1cc(C(=O)c2cc(C(F)(F)F)ccc2F)c[nH]1. The van der Waals surface area contributed by atoms with Crippen LogP contribution in [0.4, 0.5) is 17.6 Å². The van der Waals surface area contributed by atoms with E-state index in [2.05, 4.69) is 4.98 Å². The zero-order valence-electron chi connectivity index (χ0n) is 10.2. The molecule has 4 nitrogen and oxygen atoms in total. The highest BCUT2D eigenvalue weighted by Crippen LogP contribution is 2.31. The number of carbonyl (C=O) groups excluding carboxylic acids is 1. The third-order valence-corrected chi connectivity index (χ3v) is 2.71. The number of hydrogen-bond acceptors (Lipinski definition) is 2. The molecule has 1 aromatic carbocycles. The summed E-state index contributed by atoms with van der Waals surface area (Å²) in [7, 11) is 0. The Hall–Kier alpha value is -2.64. The molecule has 2 N–H and O–H groups in total. The minimum Gasteiger partial charge on any atom is -0.477 e. The van der Waals surface area contributed by atoms with Gasteiger partial charge in [-0.05, 0) is 24.3 Å². The fraction of sp³-hybridized carbons (Fsp3) is 0.0769. The van der Waals surface area contributed by atoms with E-state index in [9.17, 15) is 27.2 Å².